The highest BCUT2D eigenvalue weighted by molar-refractivity contribution is 7.16. The molecule has 4 aliphatic rings. The van der Waals surface area contributed by atoms with E-state index in [9.17, 15) is 0 Å². The summed E-state index contributed by atoms with van der Waals surface area (Å²) < 4.78 is 6.19. The van der Waals surface area contributed by atoms with Crippen LogP contribution in [0.4, 0.5) is 0 Å². The summed E-state index contributed by atoms with van der Waals surface area (Å²) in [6.07, 6.45) is 12.0. The number of hydrogen-bond donors (Lipinski definition) is 0. The van der Waals surface area contributed by atoms with Crippen molar-refractivity contribution in [2.45, 2.75) is 71.0 Å². The fourth-order valence-electron chi connectivity index (χ4n) is 6.58. The molecule has 2 atom stereocenters. The monoisotopic (exact) mass is 326 g/mol. The maximum absolute atomic E-state index is 6.19. The van der Waals surface area contributed by atoms with Gasteiger partial charge in [0.1, 0.15) is 0 Å². The Kier molecular flexibility index (Phi) is 4.90. The van der Waals surface area contributed by atoms with E-state index in [1.54, 1.807) is 38.5 Å². The summed E-state index contributed by atoms with van der Waals surface area (Å²) in [5.74, 6) is 4.17. The highest BCUT2D eigenvalue weighted by Crippen LogP contribution is 2.62. The minimum absolute atomic E-state index is 0.749. The maximum Gasteiger partial charge on any atom is 0.186 e. The lowest BCUT2D eigenvalue weighted by Gasteiger charge is -2.57. The molecule has 0 N–H and O–H groups in total. The lowest BCUT2D eigenvalue weighted by molar-refractivity contribution is -0.0634. The topological polar surface area (TPSA) is 9.23 Å². The van der Waals surface area contributed by atoms with Crippen molar-refractivity contribution in [1.29, 1.82) is 0 Å². The fourth-order valence-corrected chi connectivity index (χ4v) is 9.55. The van der Waals surface area contributed by atoms with Crippen molar-refractivity contribution in [3.8, 4) is 0 Å². The molecule has 0 spiro atoms. The van der Waals surface area contributed by atoms with Crippen molar-refractivity contribution in [2.24, 2.45) is 29.1 Å². The van der Waals surface area contributed by atoms with Gasteiger partial charge in [0.15, 0.2) is 8.32 Å². The second kappa shape index (κ2) is 6.25. The van der Waals surface area contributed by atoms with Gasteiger partial charge in [-0.3, -0.25) is 0 Å². The van der Waals surface area contributed by atoms with Crippen LogP contribution in [0.15, 0.2) is 0 Å². The van der Waals surface area contributed by atoms with Crippen LogP contribution in [0.1, 0.15) is 51.9 Å². The first kappa shape index (κ1) is 16.5. The molecule has 4 fully saturated rings. The van der Waals surface area contributed by atoms with Gasteiger partial charge in [0.25, 0.3) is 0 Å². The summed E-state index contributed by atoms with van der Waals surface area (Å²) in [5.41, 5.74) is 0.749. The zero-order valence-electron chi connectivity index (χ0n) is 14.4. The van der Waals surface area contributed by atoms with Gasteiger partial charge in [0, 0.05) is 6.61 Å². The van der Waals surface area contributed by atoms with Gasteiger partial charge in [0.05, 0.1) is 0 Å². The molecule has 122 valence electrons. The van der Waals surface area contributed by atoms with Crippen molar-refractivity contribution in [3.63, 3.8) is 0 Å². The Morgan fingerprint density at radius 3 is 2.10 bits per heavy atom. The molecule has 0 amide bonds. The zero-order chi connectivity index (χ0) is 15.1. The lowest BCUT2D eigenvalue weighted by atomic mass is 9.48. The molecule has 2 unspecified atom stereocenters. The molecule has 21 heavy (non-hydrogen) atoms. The summed E-state index contributed by atoms with van der Waals surface area (Å²) in [6.45, 7) is 8.29. The fraction of sp³-hybridized carbons (Fsp3) is 1.00. The molecular weight excluding hydrogens is 291 g/mol. The van der Waals surface area contributed by atoms with Gasteiger partial charge in [-0.2, -0.15) is 0 Å². The van der Waals surface area contributed by atoms with Crippen LogP contribution in [-0.2, 0) is 4.43 Å². The molecule has 4 saturated carbocycles. The van der Waals surface area contributed by atoms with E-state index in [1.807, 2.05) is 0 Å². The van der Waals surface area contributed by atoms with Crippen LogP contribution < -0.4 is 0 Å². The van der Waals surface area contributed by atoms with Crippen molar-refractivity contribution in [1.82, 2.24) is 0 Å². The van der Waals surface area contributed by atoms with Crippen molar-refractivity contribution >= 4 is 17.6 Å². The predicted molar refractivity (Wildman–Crippen MR) is 97.2 cm³/mol. The second-order valence-corrected chi connectivity index (χ2v) is 14.1. The van der Waals surface area contributed by atoms with E-state index in [0.29, 0.717) is 0 Å². The Morgan fingerprint density at radius 2 is 1.62 bits per heavy atom. The van der Waals surface area contributed by atoms with E-state index in [4.69, 9.17) is 4.43 Å². The Hall–Kier alpha value is 0.607. The average Bonchev–Trinajstić information content (AvgIpc) is 2.33. The molecular formula is C18H35OPSi. The highest BCUT2D eigenvalue weighted by Gasteiger charge is 2.51. The van der Waals surface area contributed by atoms with E-state index >= 15 is 0 Å². The molecule has 0 heterocycles. The second-order valence-electron chi connectivity index (χ2n) is 9.33. The average molecular weight is 327 g/mol. The zero-order valence-corrected chi connectivity index (χ0v) is 16.5. The van der Waals surface area contributed by atoms with Crippen molar-refractivity contribution < 1.29 is 4.43 Å². The Balaban J connectivity index is 1.56. The van der Waals surface area contributed by atoms with Crippen LogP contribution in [0.3, 0.4) is 0 Å². The first-order chi connectivity index (χ1) is 9.90. The molecule has 0 saturated heterocycles. The van der Waals surface area contributed by atoms with E-state index in [1.165, 1.54) is 12.5 Å². The lowest BCUT2D eigenvalue weighted by Crippen LogP contribution is -2.47. The van der Waals surface area contributed by atoms with E-state index in [0.717, 1.165) is 41.9 Å². The minimum atomic E-state index is -1.44. The van der Waals surface area contributed by atoms with Gasteiger partial charge in [-0.25, -0.2) is 0 Å². The Bertz CT molecular complexity index is 333. The molecule has 4 bridgehead atoms. The van der Waals surface area contributed by atoms with Crippen LogP contribution in [0.5, 0.6) is 0 Å². The minimum Gasteiger partial charge on any atom is -0.417 e. The summed E-state index contributed by atoms with van der Waals surface area (Å²) >= 11 is 0. The van der Waals surface area contributed by atoms with Gasteiger partial charge in [-0.1, -0.05) is 6.92 Å². The summed E-state index contributed by atoms with van der Waals surface area (Å²) in [7, 11) is 1.35. The number of hydrogen-bond acceptors (Lipinski definition) is 1. The third-order valence-corrected chi connectivity index (χ3v) is 9.30. The molecule has 0 aliphatic heterocycles. The van der Waals surface area contributed by atoms with Crippen LogP contribution in [0, 0.1) is 29.1 Å². The standard InChI is InChI=1S/C18H35OPSi/c1-14(13-21(2,3)19-4-5-20)9-18-10-15-6-16(11-18)8-17(7-15)12-18/h14-17H,4-13,20H2,1-3H3. The molecule has 4 aliphatic carbocycles. The van der Waals surface area contributed by atoms with Gasteiger partial charge in [-0.15, -0.1) is 9.24 Å². The predicted octanol–water partition coefficient (Wildman–Crippen LogP) is 5.33. The van der Waals surface area contributed by atoms with Gasteiger partial charge < -0.3 is 4.43 Å². The van der Waals surface area contributed by atoms with Gasteiger partial charge in [0.2, 0.25) is 0 Å². The quantitative estimate of drug-likeness (QED) is 0.454. The van der Waals surface area contributed by atoms with Crippen molar-refractivity contribution in [3.05, 3.63) is 0 Å². The first-order valence-electron chi connectivity index (χ1n) is 9.24. The third kappa shape index (κ3) is 3.93. The van der Waals surface area contributed by atoms with Crippen LogP contribution in [0.2, 0.25) is 19.1 Å². The summed E-state index contributed by atoms with van der Waals surface area (Å²) in [4.78, 5) is 0. The SMILES string of the molecule is CC(CC12CC3CC(CC(C3)C1)C2)C[Si](C)(C)OCCP. The van der Waals surface area contributed by atoms with E-state index < -0.39 is 8.32 Å². The smallest absolute Gasteiger partial charge is 0.186 e. The molecule has 1 nitrogen and oxygen atoms in total. The molecule has 0 aromatic heterocycles. The molecule has 0 aromatic carbocycles. The maximum atomic E-state index is 6.19. The van der Waals surface area contributed by atoms with Crippen molar-refractivity contribution in [2.75, 3.05) is 12.8 Å². The van der Waals surface area contributed by atoms with Crippen LogP contribution in [0.25, 0.3) is 0 Å². The summed E-state index contributed by atoms with van der Waals surface area (Å²) in [6, 6.07) is 1.36. The first-order valence-corrected chi connectivity index (χ1v) is 13.2. The number of rotatable bonds is 7. The third-order valence-electron chi connectivity index (χ3n) is 6.40. The van der Waals surface area contributed by atoms with Crippen LogP contribution >= 0.6 is 9.24 Å². The summed E-state index contributed by atoms with van der Waals surface area (Å²) in [5, 5.41) is 0. The molecule has 0 radical (unpaired) electrons. The Labute approximate surface area is 135 Å². The normalized spacial score (nSPS) is 39.7. The highest BCUT2D eigenvalue weighted by atomic mass is 31.0. The van der Waals surface area contributed by atoms with E-state index in [-0.39, 0.29) is 0 Å². The molecule has 4 rings (SSSR count). The largest absolute Gasteiger partial charge is 0.417 e. The van der Waals surface area contributed by atoms with Gasteiger partial charge >= 0.3 is 0 Å². The van der Waals surface area contributed by atoms with Crippen LogP contribution in [-0.4, -0.2) is 21.1 Å². The Morgan fingerprint density at radius 1 is 1.10 bits per heavy atom. The molecule has 3 heteroatoms. The molecule has 0 aromatic rings. The van der Waals surface area contributed by atoms with Gasteiger partial charge in [-0.05, 0) is 99.3 Å². The van der Waals surface area contributed by atoms with E-state index in [2.05, 4.69) is 29.3 Å².